The maximum Gasteiger partial charge on any atom is 0.216 e. The van der Waals surface area contributed by atoms with Gasteiger partial charge in [0, 0.05) is 6.20 Å². The highest BCUT2D eigenvalue weighted by molar-refractivity contribution is 5.46. The molecule has 1 heterocycles. The Hall–Kier alpha value is -3.01. The Labute approximate surface area is 128 Å². The Balaban J connectivity index is 1.76. The molecule has 0 saturated carbocycles. The van der Waals surface area contributed by atoms with E-state index in [9.17, 15) is 5.11 Å². The summed E-state index contributed by atoms with van der Waals surface area (Å²) in [6.07, 6.45) is 2.43. The van der Waals surface area contributed by atoms with Crippen LogP contribution in [0.15, 0.2) is 83.2 Å². The Bertz CT molecular complexity index is 771. The summed E-state index contributed by atoms with van der Waals surface area (Å²) in [5.74, 6) is 0.258. The van der Waals surface area contributed by atoms with Gasteiger partial charge in [0.15, 0.2) is 5.75 Å². The first-order valence-corrected chi connectivity index (χ1v) is 7.00. The molecule has 0 fully saturated rings. The van der Waals surface area contributed by atoms with Crippen molar-refractivity contribution in [2.45, 2.75) is 6.42 Å². The molecule has 0 aliphatic carbocycles. The second-order valence-corrected chi connectivity index (χ2v) is 4.88. The summed E-state index contributed by atoms with van der Waals surface area (Å²) in [7, 11) is 0. The van der Waals surface area contributed by atoms with E-state index in [4.69, 9.17) is 0 Å². The summed E-state index contributed by atoms with van der Waals surface area (Å²) >= 11 is 0. The zero-order valence-electron chi connectivity index (χ0n) is 11.9. The normalized spacial score (nSPS) is 10.9. The number of hydrogen-bond donors (Lipinski definition) is 1. The summed E-state index contributed by atoms with van der Waals surface area (Å²) in [4.78, 5) is 4.18. The Morgan fingerprint density at radius 2 is 1.50 bits per heavy atom. The molecule has 22 heavy (non-hydrogen) atoms. The third-order valence-corrected chi connectivity index (χ3v) is 3.17. The number of hydrogen-bond acceptors (Lipinski definition) is 4. The number of nitrogens with zero attached hydrogens (tertiary/aromatic N) is 3. The van der Waals surface area contributed by atoms with Crippen molar-refractivity contribution in [1.82, 2.24) is 4.98 Å². The van der Waals surface area contributed by atoms with Crippen molar-refractivity contribution in [2.75, 3.05) is 0 Å². The number of pyridine rings is 1. The van der Waals surface area contributed by atoms with Gasteiger partial charge < -0.3 is 5.11 Å². The van der Waals surface area contributed by atoms with E-state index < -0.39 is 0 Å². The quantitative estimate of drug-likeness (QED) is 0.702. The summed E-state index contributed by atoms with van der Waals surface area (Å²) in [5, 5.41) is 18.1. The lowest BCUT2D eigenvalue weighted by Crippen LogP contribution is -1.89. The van der Waals surface area contributed by atoms with Gasteiger partial charge in [-0.1, -0.05) is 48.5 Å². The molecule has 0 saturated heterocycles. The van der Waals surface area contributed by atoms with Gasteiger partial charge >= 0.3 is 0 Å². The SMILES string of the molecule is Oc1cc(Cc2ccccc2)cnc1N=Nc1ccccc1. The smallest absolute Gasteiger partial charge is 0.216 e. The second-order valence-electron chi connectivity index (χ2n) is 4.88. The van der Waals surface area contributed by atoms with Crippen molar-refractivity contribution >= 4 is 11.5 Å². The van der Waals surface area contributed by atoms with E-state index in [1.807, 2.05) is 60.7 Å². The molecule has 0 aliphatic rings. The highest BCUT2D eigenvalue weighted by Gasteiger charge is 2.04. The van der Waals surface area contributed by atoms with E-state index in [0.29, 0.717) is 0 Å². The highest BCUT2D eigenvalue weighted by Crippen LogP contribution is 2.27. The van der Waals surface area contributed by atoms with E-state index in [0.717, 1.165) is 17.7 Å². The fourth-order valence-corrected chi connectivity index (χ4v) is 2.09. The summed E-state index contributed by atoms with van der Waals surface area (Å²) in [6.45, 7) is 0. The topological polar surface area (TPSA) is 57.8 Å². The highest BCUT2D eigenvalue weighted by atomic mass is 16.3. The van der Waals surface area contributed by atoms with Gasteiger partial charge in [0.25, 0.3) is 0 Å². The number of aromatic nitrogens is 1. The maximum atomic E-state index is 10.0. The second kappa shape index (κ2) is 6.63. The summed E-state index contributed by atoms with van der Waals surface area (Å²) in [5.41, 5.74) is 2.82. The van der Waals surface area contributed by atoms with Crippen LogP contribution in [0.2, 0.25) is 0 Å². The molecule has 4 heteroatoms. The first kappa shape index (κ1) is 13.9. The van der Waals surface area contributed by atoms with Crippen LogP contribution < -0.4 is 0 Å². The molecule has 0 bridgehead atoms. The average molecular weight is 289 g/mol. The van der Waals surface area contributed by atoms with Crippen molar-refractivity contribution in [1.29, 1.82) is 0 Å². The molecule has 0 unspecified atom stereocenters. The zero-order valence-corrected chi connectivity index (χ0v) is 11.9. The predicted molar refractivity (Wildman–Crippen MR) is 85.8 cm³/mol. The predicted octanol–water partition coefficient (Wildman–Crippen LogP) is 4.79. The van der Waals surface area contributed by atoms with E-state index in [1.165, 1.54) is 5.56 Å². The van der Waals surface area contributed by atoms with Crippen LogP contribution in [0.4, 0.5) is 11.5 Å². The summed E-state index contributed by atoms with van der Waals surface area (Å²) < 4.78 is 0. The minimum Gasteiger partial charge on any atom is -0.504 e. The molecule has 0 spiro atoms. The van der Waals surface area contributed by atoms with Crippen molar-refractivity contribution in [2.24, 2.45) is 10.2 Å². The molecule has 0 aliphatic heterocycles. The molecular formula is C18H15N3O. The van der Waals surface area contributed by atoms with Crippen molar-refractivity contribution in [3.05, 3.63) is 84.1 Å². The number of azo groups is 1. The third kappa shape index (κ3) is 3.55. The van der Waals surface area contributed by atoms with Gasteiger partial charge in [-0.2, -0.15) is 0 Å². The maximum absolute atomic E-state index is 10.0. The molecule has 108 valence electrons. The lowest BCUT2D eigenvalue weighted by Gasteiger charge is -2.03. The van der Waals surface area contributed by atoms with Crippen LogP contribution in [0.25, 0.3) is 0 Å². The Morgan fingerprint density at radius 3 is 2.18 bits per heavy atom. The van der Waals surface area contributed by atoms with E-state index in [2.05, 4.69) is 15.2 Å². The van der Waals surface area contributed by atoms with Crippen LogP contribution >= 0.6 is 0 Å². The molecule has 1 aromatic heterocycles. The van der Waals surface area contributed by atoms with Crippen LogP contribution in [0.3, 0.4) is 0 Å². The molecular weight excluding hydrogens is 274 g/mol. The fourth-order valence-electron chi connectivity index (χ4n) is 2.09. The molecule has 0 atom stereocenters. The van der Waals surface area contributed by atoms with E-state index in [1.54, 1.807) is 12.3 Å². The third-order valence-electron chi connectivity index (χ3n) is 3.17. The van der Waals surface area contributed by atoms with Crippen molar-refractivity contribution < 1.29 is 5.11 Å². The molecule has 3 rings (SSSR count). The van der Waals surface area contributed by atoms with Crippen LogP contribution in [-0.4, -0.2) is 10.1 Å². The first-order chi connectivity index (χ1) is 10.8. The van der Waals surface area contributed by atoms with Crippen LogP contribution in [-0.2, 0) is 6.42 Å². The Morgan fingerprint density at radius 1 is 0.818 bits per heavy atom. The van der Waals surface area contributed by atoms with Crippen molar-refractivity contribution in [3.8, 4) is 5.75 Å². The molecule has 4 nitrogen and oxygen atoms in total. The number of rotatable bonds is 4. The van der Waals surface area contributed by atoms with Gasteiger partial charge in [0.2, 0.25) is 5.82 Å². The van der Waals surface area contributed by atoms with Gasteiger partial charge in [-0.25, -0.2) is 4.98 Å². The van der Waals surface area contributed by atoms with E-state index >= 15 is 0 Å². The molecule has 2 aromatic carbocycles. The minimum atomic E-state index is 0.0353. The molecule has 1 N–H and O–H groups in total. The zero-order chi connectivity index (χ0) is 15.2. The number of aromatic hydroxyl groups is 1. The number of benzene rings is 2. The van der Waals surface area contributed by atoms with Crippen LogP contribution in [0, 0.1) is 0 Å². The molecule has 0 radical (unpaired) electrons. The van der Waals surface area contributed by atoms with Gasteiger partial charge in [-0.15, -0.1) is 10.2 Å². The standard InChI is InChI=1S/C18H15N3O/c22-17-12-15(11-14-7-3-1-4-8-14)13-19-18(17)21-20-16-9-5-2-6-10-16/h1-10,12-13,22H,11H2. The molecule has 0 amide bonds. The molecule has 3 aromatic rings. The monoisotopic (exact) mass is 289 g/mol. The van der Waals surface area contributed by atoms with Gasteiger partial charge in [0.1, 0.15) is 0 Å². The van der Waals surface area contributed by atoms with E-state index in [-0.39, 0.29) is 11.6 Å². The Kier molecular flexibility index (Phi) is 4.20. The van der Waals surface area contributed by atoms with Crippen LogP contribution in [0.1, 0.15) is 11.1 Å². The lowest BCUT2D eigenvalue weighted by molar-refractivity contribution is 0.473. The first-order valence-electron chi connectivity index (χ1n) is 7.00. The lowest BCUT2D eigenvalue weighted by atomic mass is 10.1. The fraction of sp³-hybridized carbons (Fsp3) is 0.0556. The van der Waals surface area contributed by atoms with Crippen LogP contribution in [0.5, 0.6) is 5.75 Å². The van der Waals surface area contributed by atoms with Gasteiger partial charge in [-0.3, -0.25) is 0 Å². The minimum absolute atomic E-state index is 0.0353. The van der Waals surface area contributed by atoms with Crippen molar-refractivity contribution in [3.63, 3.8) is 0 Å². The average Bonchev–Trinajstić information content (AvgIpc) is 2.56. The van der Waals surface area contributed by atoms with Gasteiger partial charge in [-0.05, 0) is 35.7 Å². The van der Waals surface area contributed by atoms with Gasteiger partial charge in [0.05, 0.1) is 5.69 Å². The largest absolute Gasteiger partial charge is 0.504 e. The summed E-state index contributed by atoms with van der Waals surface area (Å²) in [6, 6.07) is 21.1.